The molecule has 2 aromatic rings. The van der Waals surface area contributed by atoms with Crippen molar-refractivity contribution in [2.24, 2.45) is 0 Å². The number of anilines is 2. The van der Waals surface area contributed by atoms with Crippen molar-refractivity contribution in [2.75, 3.05) is 11.6 Å². The van der Waals surface area contributed by atoms with E-state index in [2.05, 4.69) is 37.1 Å². The average Bonchev–Trinajstić information content (AvgIpc) is 2.58. The lowest BCUT2D eigenvalue weighted by molar-refractivity contribution is -0.131. The van der Waals surface area contributed by atoms with Crippen molar-refractivity contribution in [3.05, 3.63) is 60.2 Å². The molecule has 2 rings (SSSR count). The average molecular weight is 310 g/mol. The summed E-state index contributed by atoms with van der Waals surface area (Å²) in [7, 11) is 0. The first-order valence-electron chi connectivity index (χ1n) is 8.39. The molecule has 1 amide bonds. The molecule has 0 fully saturated rings. The molecule has 23 heavy (non-hydrogen) atoms. The minimum atomic E-state index is 0.142. The van der Waals surface area contributed by atoms with E-state index >= 15 is 0 Å². The number of hydrogen-bond acceptors (Lipinski definition) is 2. The Balaban J connectivity index is 2.48. The largest absolute Gasteiger partial charge is 0.273 e. The SMILES string of the molecule is CCCCN(C(=O)CC)N(c1ccccc1)c1cccc(C)c1. The second kappa shape index (κ2) is 8.37. The molecule has 3 nitrogen and oxygen atoms in total. The number of rotatable bonds is 7. The fraction of sp³-hybridized carbons (Fsp3) is 0.350. The molecule has 0 aliphatic heterocycles. The molecule has 0 atom stereocenters. The molecule has 0 unspecified atom stereocenters. The number of carbonyl (C=O) groups is 1. The molecule has 3 heteroatoms. The van der Waals surface area contributed by atoms with Crippen LogP contribution in [0.5, 0.6) is 0 Å². The molecule has 0 heterocycles. The highest BCUT2D eigenvalue weighted by molar-refractivity contribution is 5.80. The fourth-order valence-corrected chi connectivity index (χ4v) is 2.58. The monoisotopic (exact) mass is 310 g/mol. The highest BCUT2D eigenvalue weighted by Crippen LogP contribution is 2.28. The number of unbranched alkanes of at least 4 members (excludes halogenated alkanes) is 1. The van der Waals surface area contributed by atoms with Gasteiger partial charge in [0.05, 0.1) is 11.4 Å². The highest BCUT2D eigenvalue weighted by Gasteiger charge is 2.22. The first-order valence-corrected chi connectivity index (χ1v) is 8.39. The zero-order valence-electron chi connectivity index (χ0n) is 14.3. The van der Waals surface area contributed by atoms with Crippen molar-refractivity contribution in [3.63, 3.8) is 0 Å². The van der Waals surface area contributed by atoms with Crippen molar-refractivity contribution in [3.8, 4) is 0 Å². The molecule has 0 aromatic heterocycles. The van der Waals surface area contributed by atoms with Gasteiger partial charge in [0.25, 0.3) is 0 Å². The first-order chi connectivity index (χ1) is 11.2. The van der Waals surface area contributed by atoms with Crippen LogP contribution in [-0.4, -0.2) is 17.5 Å². The lowest BCUT2D eigenvalue weighted by atomic mass is 10.2. The molecule has 0 saturated heterocycles. The minimum Gasteiger partial charge on any atom is -0.273 e. The lowest BCUT2D eigenvalue weighted by Gasteiger charge is -2.37. The number of nitrogens with zero attached hydrogens (tertiary/aromatic N) is 2. The standard InChI is InChI=1S/C20H26N2O/c1-4-6-15-21(20(23)5-2)22(18-12-8-7-9-13-18)19-14-10-11-17(3)16-19/h7-14,16H,4-6,15H2,1-3H3. The van der Waals surface area contributed by atoms with Gasteiger partial charge < -0.3 is 0 Å². The van der Waals surface area contributed by atoms with Crippen LogP contribution in [0.25, 0.3) is 0 Å². The van der Waals surface area contributed by atoms with Crippen LogP contribution in [0, 0.1) is 6.92 Å². The summed E-state index contributed by atoms with van der Waals surface area (Å²) in [5.41, 5.74) is 3.22. The molecule has 0 bridgehead atoms. The fourth-order valence-electron chi connectivity index (χ4n) is 2.58. The predicted octanol–water partition coefficient (Wildman–Crippen LogP) is 5.09. The van der Waals surface area contributed by atoms with E-state index in [1.54, 1.807) is 0 Å². The molecule has 122 valence electrons. The number of hydrogen-bond donors (Lipinski definition) is 0. The summed E-state index contributed by atoms with van der Waals surface area (Å²) in [6, 6.07) is 18.4. The summed E-state index contributed by atoms with van der Waals surface area (Å²) in [6.45, 7) is 6.87. The number of carbonyl (C=O) groups excluding carboxylic acids is 1. The summed E-state index contributed by atoms with van der Waals surface area (Å²) < 4.78 is 0. The second-order valence-corrected chi connectivity index (χ2v) is 5.71. The van der Waals surface area contributed by atoms with Gasteiger partial charge in [0.2, 0.25) is 5.91 Å². The molecule has 0 aliphatic carbocycles. The summed E-state index contributed by atoms with van der Waals surface area (Å²) in [5.74, 6) is 0.142. The Morgan fingerprint density at radius 1 is 0.957 bits per heavy atom. The van der Waals surface area contributed by atoms with Gasteiger partial charge >= 0.3 is 0 Å². The molecule has 2 aromatic carbocycles. The van der Waals surface area contributed by atoms with E-state index < -0.39 is 0 Å². The van der Waals surface area contributed by atoms with Crippen LogP contribution >= 0.6 is 0 Å². The Kier molecular flexibility index (Phi) is 6.21. The molecule has 0 N–H and O–H groups in total. The maximum Gasteiger partial charge on any atom is 0.241 e. The van der Waals surface area contributed by atoms with E-state index in [0.29, 0.717) is 6.42 Å². The zero-order chi connectivity index (χ0) is 16.7. The second-order valence-electron chi connectivity index (χ2n) is 5.71. The Morgan fingerprint density at radius 3 is 2.26 bits per heavy atom. The summed E-state index contributed by atoms with van der Waals surface area (Å²) in [5, 5.41) is 3.93. The smallest absolute Gasteiger partial charge is 0.241 e. The zero-order valence-corrected chi connectivity index (χ0v) is 14.3. The number of benzene rings is 2. The number of para-hydroxylation sites is 1. The van der Waals surface area contributed by atoms with Crippen molar-refractivity contribution >= 4 is 17.3 Å². The van der Waals surface area contributed by atoms with Crippen molar-refractivity contribution in [1.82, 2.24) is 5.01 Å². The third kappa shape index (κ3) is 4.35. The van der Waals surface area contributed by atoms with Gasteiger partial charge in [0.1, 0.15) is 0 Å². The van der Waals surface area contributed by atoms with Gasteiger partial charge in [-0.2, -0.15) is 0 Å². The predicted molar refractivity (Wildman–Crippen MR) is 96.7 cm³/mol. The molecule has 0 radical (unpaired) electrons. The Labute approximate surface area is 139 Å². The molecule has 0 spiro atoms. The normalized spacial score (nSPS) is 10.4. The van der Waals surface area contributed by atoms with Gasteiger partial charge in [-0.3, -0.25) is 9.80 Å². The Hall–Kier alpha value is -2.29. The van der Waals surface area contributed by atoms with E-state index in [-0.39, 0.29) is 5.91 Å². The first kappa shape index (κ1) is 17.1. The third-order valence-electron chi connectivity index (χ3n) is 3.80. The van der Waals surface area contributed by atoms with E-state index in [1.165, 1.54) is 5.56 Å². The van der Waals surface area contributed by atoms with E-state index in [1.807, 2.05) is 48.3 Å². The van der Waals surface area contributed by atoms with E-state index in [0.717, 1.165) is 30.8 Å². The molecule has 0 saturated carbocycles. The van der Waals surface area contributed by atoms with Crippen LogP contribution in [0.4, 0.5) is 11.4 Å². The number of amides is 1. The van der Waals surface area contributed by atoms with Crippen LogP contribution in [0.15, 0.2) is 54.6 Å². The summed E-state index contributed by atoms with van der Waals surface area (Å²) in [4.78, 5) is 12.6. The molecule has 0 aliphatic rings. The van der Waals surface area contributed by atoms with Gasteiger partial charge in [-0.15, -0.1) is 0 Å². The number of aryl methyl sites for hydroxylation is 1. The van der Waals surface area contributed by atoms with E-state index in [4.69, 9.17) is 0 Å². The quantitative estimate of drug-likeness (QED) is 0.665. The molecular formula is C20H26N2O. The van der Waals surface area contributed by atoms with Crippen LogP contribution in [0.1, 0.15) is 38.7 Å². The number of hydrazine groups is 1. The van der Waals surface area contributed by atoms with Crippen LogP contribution in [-0.2, 0) is 4.79 Å². The van der Waals surface area contributed by atoms with Crippen LogP contribution in [0.3, 0.4) is 0 Å². The van der Waals surface area contributed by atoms with Gasteiger partial charge in [0, 0.05) is 13.0 Å². The molecular weight excluding hydrogens is 284 g/mol. The van der Waals surface area contributed by atoms with E-state index in [9.17, 15) is 4.79 Å². The Morgan fingerprint density at radius 2 is 1.65 bits per heavy atom. The van der Waals surface area contributed by atoms with Gasteiger partial charge in [0.15, 0.2) is 0 Å². The lowest BCUT2D eigenvalue weighted by Crippen LogP contribution is -2.44. The summed E-state index contributed by atoms with van der Waals surface area (Å²) >= 11 is 0. The maximum atomic E-state index is 12.6. The van der Waals surface area contributed by atoms with Crippen LogP contribution < -0.4 is 5.01 Å². The van der Waals surface area contributed by atoms with Crippen molar-refractivity contribution in [2.45, 2.75) is 40.0 Å². The van der Waals surface area contributed by atoms with Gasteiger partial charge in [-0.1, -0.05) is 50.6 Å². The Bertz CT molecular complexity index is 625. The summed E-state index contributed by atoms with van der Waals surface area (Å²) in [6.07, 6.45) is 2.55. The third-order valence-corrected chi connectivity index (χ3v) is 3.80. The van der Waals surface area contributed by atoms with Crippen molar-refractivity contribution in [1.29, 1.82) is 0 Å². The van der Waals surface area contributed by atoms with Crippen molar-refractivity contribution < 1.29 is 4.79 Å². The minimum absolute atomic E-state index is 0.142. The maximum absolute atomic E-state index is 12.6. The topological polar surface area (TPSA) is 23.6 Å². The van der Waals surface area contributed by atoms with Gasteiger partial charge in [-0.25, -0.2) is 5.01 Å². The van der Waals surface area contributed by atoms with Gasteiger partial charge in [-0.05, 0) is 43.2 Å². The van der Waals surface area contributed by atoms with Crippen LogP contribution in [0.2, 0.25) is 0 Å². The highest BCUT2D eigenvalue weighted by atomic mass is 16.2.